The van der Waals surface area contributed by atoms with E-state index in [-0.39, 0.29) is 0 Å². The van der Waals surface area contributed by atoms with E-state index in [0.29, 0.717) is 5.89 Å². The van der Waals surface area contributed by atoms with Crippen molar-refractivity contribution in [1.29, 1.82) is 0 Å². The van der Waals surface area contributed by atoms with Gasteiger partial charge in [-0.2, -0.15) is 0 Å². The van der Waals surface area contributed by atoms with Crippen LogP contribution in [0.1, 0.15) is 12.5 Å². The predicted octanol–water partition coefficient (Wildman–Crippen LogP) is 5.00. The number of halogens is 1. The van der Waals surface area contributed by atoms with Gasteiger partial charge in [-0.3, -0.25) is 0 Å². The van der Waals surface area contributed by atoms with Crippen LogP contribution in [0, 0.1) is 6.92 Å². The zero-order valence-electron chi connectivity index (χ0n) is 11.4. The molecule has 0 saturated carbocycles. The number of fused-ring (bicyclic) bond motifs is 1. The van der Waals surface area contributed by atoms with Crippen LogP contribution in [0.15, 0.2) is 45.3 Å². The number of rotatable bonds is 3. The van der Waals surface area contributed by atoms with E-state index in [4.69, 9.17) is 4.42 Å². The monoisotopic (exact) mass is 330 g/mol. The quantitative estimate of drug-likeness (QED) is 0.734. The maximum atomic E-state index is 5.90. The summed E-state index contributed by atoms with van der Waals surface area (Å²) < 4.78 is 6.95. The van der Waals surface area contributed by atoms with Gasteiger partial charge in [0.25, 0.3) is 0 Å². The van der Waals surface area contributed by atoms with Crippen molar-refractivity contribution in [3.63, 3.8) is 0 Å². The molecule has 102 valence electrons. The number of hydrogen-bond acceptors (Lipinski definition) is 3. The molecule has 0 fully saturated rings. The number of aromatic nitrogens is 1. The van der Waals surface area contributed by atoms with Crippen LogP contribution in [0.2, 0.25) is 0 Å². The number of aryl methyl sites for hydroxylation is 1. The highest BCUT2D eigenvalue weighted by molar-refractivity contribution is 9.10. The first-order valence-corrected chi connectivity index (χ1v) is 7.37. The molecule has 1 N–H and O–H groups in total. The summed E-state index contributed by atoms with van der Waals surface area (Å²) in [5.74, 6) is 0.657. The van der Waals surface area contributed by atoms with Crippen LogP contribution in [0.5, 0.6) is 0 Å². The van der Waals surface area contributed by atoms with Gasteiger partial charge in [-0.25, -0.2) is 4.98 Å². The van der Waals surface area contributed by atoms with Gasteiger partial charge >= 0.3 is 0 Å². The second-order valence-electron chi connectivity index (χ2n) is 4.70. The van der Waals surface area contributed by atoms with E-state index >= 15 is 0 Å². The van der Waals surface area contributed by atoms with Crippen LogP contribution in [0.3, 0.4) is 0 Å². The van der Waals surface area contributed by atoms with Gasteiger partial charge < -0.3 is 9.73 Å². The SMILES string of the molecule is CCNc1cc(C)c2oc(-c3ccc(Br)cc3)nc2c1. The summed E-state index contributed by atoms with van der Waals surface area (Å²) in [5.41, 5.74) is 4.89. The Morgan fingerprint density at radius 2 is 1.95 bits per heavy atom. The molecule has 0 spiro atoms. The fourth-order valence-corrected chi connectivity index (χ4v) is 2.49. The molecule has 3 rings (SSSR count). The lowest BCUT2D eigenvalue weighted by Crippen LogP contribution is -1.96. The fraction of sp³-hybridized carbons (Fsp3) is 0.188. The lowest BCUT2D eigenvalue weighted by atomic mass is 10.2. The van der Waals surface area contributed by atoms with E-state index in [1.807, 2.05) is 37.3 Å². The molecular formula is C16H15BrN2O. The molecule has 0 atom stereocenters. The Bertz CT molecular complexity index is 747. The summed E-state index contributed by atoms with van der Waals surface area (Å²) in [5, 5.41) is 3.31. The molecule has 0 bridgehead atoms. The zero-order chi connectivity index (χ0) is 14.1. The average molecular weight is 331 g/mol. The smallest absolute Gasteiger partial charge is 0.227 e. The van der Waals surface area contributed by atoms with Gasteiger partial charge in [0, 0.05) is 22.3 Å². The maximum Gasteiger partial charge on any atom is 0.227 e. The highest BCUT2D eigenvalue weighted by atomic mass is 79.9. The average Bonchev–Trinajstić information content (AvgIpc) is 2.84. The molecule has 0 aliphatic carbocycles. The Balaban J connectivity index is 2.10. The molecule has 4 heteroatoms. The second-order valence-corrected chi connectivity index (χ2v) is 5.61. The fourth-order valence-electron chi connectivity index (χ4n) is 2.22. The number of oxazole rings is 1. The highest BCUT2D eigenvalue weighted by Gasteiger charge is 2.11. The highest BCUT2D eigenvalue weighted by Crippen LogP contribution is 2.29. The molecule has 0 aliphatic heterocycles. The van der Waals surface area contributed by atoms with Gasteiger partial charge in [-0.05, 0) is 55.8 Å². The van der Waals surface area contributed by atoms with E-state index < -0.39 is 0 Å². The summed E-state index contributed by atoms with van der Waals surface area (Å²) >= 11 is 3.43. The predicted molar refractivity (Wildman–Crippen MR) is 86.0 cm³/mol. The van der Waals surface area contributed by atoms with Gasteiger partial charge in [0.15, 0.2) is 5.58 Å². The molecule has 0 radical (unpaired) electrons. The summed E-state index contributed by atoms with van der Waals surface area (Å²) in [6, 6.07) is 12.1. The molecule has 0 amide bonds. The van der Waals surface area contributed by atoms with Gasteiger partial charge in [-0.1, -0.05) is 15.9 Å². The first-order valence-electron chi connectivity index (χ1n) is 6.58. The largest absolute Gasteiger partial charge is 0.436 e. The Labute approximate surface area is 126 Å². The third kappa shape index (κ3) is 2.43. The van der Waals surface area contributed by atoms with Gasteiger partial charge in [0.2, 0.25) is 5.89 Å². The third-order valence-corrected chi connectivity index (χ3v) is 3.68. The van der Waals surface area contributed by atoms with Gasteiger partial charge in [-0.15, -0.1) is 0 Å². The topological polar surface area (TPSA) is 38.1 Å². The third-order valence-electron chi connectivity index (χ3n) is 3.15. The Kier molecular flexibility index (Phi) is 3.49. The molecular weight excluding hydrogens is 316 g/mol. The van der Waals surface area contributed by atoms with Crippen LogP contribution < -0.4 is 5.32 Å². The van der Waals surface area contributed by atoms with Crippen molar-refractivity contribution in [3.8, 4) is 11.5 Å². The Hall–Kier alpha value is -1.81. The van der Waals surface area contributed by atoms with E-state index in [1.165, 1.54) is 0 Å². The van der Waals surface area contributed by atoms with Crippen LogP contribution in [0.25, 0.3) is 22.6 Å². The minimum absolute atomic E-state index is 0.657. The van der Waals surface area contributed by atoms with Crippen molar-refractivity contribution in [2.45, 2.75) is 13.8 Å². The number of hydrogen-bond donors (Lipinski definition) is 1. The van der Waals surface area contributed by atoms with E-state index in [0.717, 1.165) is 38.9 Å². The molecule has 20 heavy (non-hydrogen) atoms. The number of benzene rings is 2. The minimum atomic E-state index is 0.657. The standard InChI is InChI=1S/C16H15BrN2O/c1-3-18-13-8-10(2)15-14(9-13)19-16(20-15)11-4-6-12(17)7-5-11/h4-9,18H,3H2,1-2H3. The first-order chi connectivity index (χ1) is 9.67. The van der Waals surface area contributed by atoms with Crippen LogP contribution in [-0.4, -0.2) is 11.5 Å². The van der Waals surface area contributed by atoms with Gasteiger partial charge in [0.05, 0.1) is 0 Å². The van der Waals surface area contributed by atoms with Crippen molar-refractivity contribution in [3.05, 3.63) is 46.4 Å². The lowest BCUT2D eigenvalue weighted by Gasteiger charge is -2.03. The molecule has 3 aromatic rings. The summed E-state index contributed by atoms with van der Waals surface area (Å²) in [4.78, 5) is 4.59. The van der Waals surface area contributed by atoms with E-state index in [2.05, 4.69) is 39.2 Å². The number of nitrogens with one attached hydrogen (secondary N) is 1. The van der Waals surface area contributed by atoms with Crippen LogP contribution in [-0.2, 0) is 0 Å². The maximum absolute atomic E-state index is 5.90. The molecule has 0 saturated heterocycles. The lowest BCUT2D eigenvalue weighted by molar-refractivity contribution is 0.617. The van der Waals surface area contributed by atoms with Crippen molar-refractivity contribution in [1.82, 2.24) is 4.98 Å². The van der Waals surface area contributed by atoms with E-state index in [9.17, 15) is 0 Å². The molecule has 1 heterocycles. The zero-order valence-corrected chi connectivity index (χ0v) is 13.0. The first kappa shape index (κ1) is 13.2. The summed E-state index contributed by atoms with van der Waals surface area (Å²) in [7, 11) is 0. The van der Waals surface area contributed by atoms with Crippen LogP contribution >= 0.6 is 15.9 Å². The second kappa shape index (κ2) is 5.29. The summed E-state index contributed by atoms with van der Waals surface area (Å²) in [6.45, 7) is 5.01. The molecule has 3 nitrogen and oxygen atoms in total. The number of anilines is 1. The minimum Gasteiger partial charge on any atom is -0.436 e. The van der Waals surface area contributed by atoms with Crippen molar-refractivity contribution in [2.24, 2.45) is 0 Å². The summed E-state index contributed by atoms with van der Waals surface area (Å²) in [6.07, 6.45) is 0. The van der Waals surface area contributed by atoms with Crippen molar-refractivity contribution in [2.75, 3.05) is 11.9 Å². The normalized spacial score (nSPS) is 10.9. The van der Waals surface area contributed by atoms with Crippen molar-refractivity contribution < 1.29 is 4.42 Å². The Morgan fingerprint density at radius 1 is 1.20 bits per heavy atom. The Morgan fingerprint density at radius 3 is 2.65 bits per heavy atom. The van der Waals surface area contributed by atoms with E-state index in [1.54, 1.807) is 0 Å². The van der Waals surface area contributed by atoms with Crippen molar-refractivity contribution >= 4 is 32.7 Å². The number of nitrogens with zero attached hydrogens (tertiary/aromatic N) is 1. The molecule has 1 aromatic heterocycles. The van der Waals surface area contributed by atoms with Crippen LogP contribution in [0.4, 0.5) is 5.69 Å². The van der Waals surface area contributed by atoms with Gasteiger partial charge in [0.1, 0.15) is 5.52 Å². The molecule has 0 aliphatic rings. The molecule has 2 aromatic carbocycles. The molecule has 0 unspecified atom stereocenters.